The number of carbonyl (C=O) groups is 1. The summed E-state index contributed by atoms with van der Waals surface area (Å²) in [4.78, 5) is 18.2. The highest BCUT2D eigenvalue weighted by Crippen LogP contribution is 2.28. The zero-order chi connectivity index (χ0) is 23.9. The Kier molecular flexibility index (Phi) is 5.70. The van der Waals surface area contributed by atoms with Crippen LogP contribution in [0.3, 0.4) is 0 Å². The summed E-state index contributed by atoms with van der Waals surface area (Å²) < 4.78 is 34.6. The van der Waals surface area contributed by atoms with Crippen LogP contribution in [0.5, 0.6) is 0 Å². The minimum absolute atomic E-state index is 0.0419. The second-order valence-corrected chi connectivity index (χ2v) is 10.5. The molecule has 1 aromatic carbocycles. The number of furan rings is 1. The van der Waals surface area contributed by atoms with Crippen LogP contribution < -0.4 is 5.32 Å². The van der Waals surface area contributed by atoms with Gasteiger partial charge in [0.05, 0.1) is 28.3 Å². The van der Waals surface area contributed by atoms with E-state index in [2.05, 4.69) is 15.4 Å². The highest BCUT2D eigenvalue weighted by Gasteiger charge is 2.27. The molecule has 0 bridgehead atoms. The van der Waals surface area contributed by atoms with E-state index < -0.39 is 10.0 Å². The van der Waals surface area contributed by atoms with Crippen molar-refractivity contribution in [1.29, 1.82) is 0 Å². The molecule has 1 saturated heterocycles. The third-order valence-corrected chi connectivity index (χ3v) is 7.76. The van der Waals surface area contributed by atoms with Gasteiger partial charge >= 0.3 is 0 Å². The fourth-order valence-electron chi connectivity index (χ4n) is 4.14. The number of pyridine rings is 1. The maximum atomic E-state index is 13.4. The first-order chi connectivity index (χ1) is 16.3. The number of nitrogens with zero attached hydrogens (tertiary/aromatic N) is 4. The summed E-state index contributed by atoms with van der Waals surface area (Å²) in [6, 6.07) is 11.6. The second kappa shape index (κ2) is 8.69. The quantitative estimate of drug-likeness (QED) is 0.441. The summed E-state index contributed by atoms with van der Waals surface area (Å²) in [6.07, 6.45) is 4.88. The lowest BCUT2D eigenvalue weighted by Crippen LogP contribution is -2.27. The van der Waals surface area contributed by atoms with Crippen molar-refractivity contribution in [2.45, 2.75) is 37.6 Å². The number of sulfonamides is 1. The lowest BCUT2D eigenvalue weighted by molar-refractivity contribution is 0.102. The van der Waals surface area contributed by atoms with Gasteiger partial charge in [-0.25, -0.2) is 18.1 Å². The van der Waals surface area contributed by atoms with E-state index >= 15 is 0 Å². The largest absolute Gasteiger partial charge is 0.463 e. The fourth-order valence-corrected chi connectivity index (χ4v) is 5.71. The molecule has 0 spiro atoms. The Morgan fingerprint density at radius 1 is 1.12 bits per heavy atom. The average molecular weight is 480 g/mol. The smallest absolute Gasteiger partial charge is 0.256 e. The van der Waals surface area contributed by atoms with Crippen molar-refractivity contribution in [3.05, 3.63) is 60.5 Å². The Bertz CT molecular complexity index is 1450. The normalized spacial score (nSPS) is 14.8. The molecule has 1 aliphatic heterocycles. The zero-order valence-electron chi connectivity index (χ0n) is 18.9. The molecule has 34 heavy (non-hydrogen) atoms. The fraction of sp³-hybridized carbons (Fsp3) is 0.292. The lowest BCUT2D eigenvalue weighted by Gasteiger charge is -2.16. The number of anilines is 1. The topological polar surface area (TPSA) is 110 Å². The molecule has 1 aliphatic rings. The Morgan fingerprint density at radius 3 is 2.62 bits per heavy atom. The van der Waals surface area contributed by atoms with E-state index in [-0.39, 0.29) is 16.8 Å². The molecule has 0 atom stereocenters. The van der Waals surface area contributed by atoms with Gasteiger partial charge in [0.25, 0.3) is 5.91 Å². The summed E-state index contributed by atoms with van der Waals surface area (Å²) in [7, 11) is -3.59. The molecule has 176 valence electrons. The zero-order valence-corrected chi connectivity index (χ0v) is 19.7. The van der Waals surface area contributed by atoms with Crippen molar-refractivity contribution in [2.24, 2.45) is 0 Å². The van der Waals surface area contributed by atoms with E-state index in [1.54, 1.807) is 53.5 Å². The number of carbonyl (C=O) groups excluding carboxylic acids is 1. The van der Waals surface area contributed by atoms with Gasteiger partial charge in [-0.2, -0.15) is 9.40 Å². The molecule has 4 aromatic rings. The van der Waals surface area contributed by atoms with Crippen LogP contribution in [0.4, 0.5) is 5.69 Å². The first kappa shape index (κ1) is 22.3. The summed E-state index contributed by atoms with van der Waals surface area (Å²) in [5, 5.41) is 7.86. The van der Waals surface area contributed by atoms with Gasteiger partial charge in [0.15, 0.2) is 11.4 Å². The number of hydrogen-bond donors (Lipinski definition) is 1. The highest BCUT2D eigenvalue weighted by atomic mass is 32.2. The first-order valence-electron chi connectivity index (χ1n) is 11.2. The highest BCUT2D eigenvalue weighted by molar-refractivity contribution is 7.89. The maximum Gasteiger partial charge on any atom is 0.256 e. The van der Waals surface area contributed by atoms with Crippen molar-refractivity contribution < 1.29 is 17.6 Å². The van der Waals surface area contributed by atoms with Crippen LogP contribution in [0.15, 0.2) is 64.2 Å². The third-order valence-electron chi connectivity index (χ3n) is 5.87. The molecule has 0 radical (unpaired) electrons. The van der Waals surface area contributed by atoms with E-state index in [1.165, 1.54) is 10.4 Å². The van der Waals surface area contributed by atoms with Crippen LogP contribution in [-0.4, -0.2) is 46.5 Å². The second-order valence-electron chi connectivity index (χ2n) is 8.55. The van der Waals surface area contributed by atoms with Crippen molar-refractivity contribution in [1.82, 2.24) is 19.1 Å². The molecular weight excluding hydrogens is 454 g/mol. The van der Waals surface area contributed by atoms with Crippen LogP contribution in [0.1, 0.15) is 43.1 Å². The van der Waals surface area contributed by atoms with Crippen LogP contribution in [0.25, 0.3) is 22.5 Å². The van der Waals surface area contributed by atoms with Gasteiger partial charge in [-0.3, -0.25) is 4.79 Å². The molecular formula is C24H25N5O4S. The maximum absolute atomic E-state index is 13.4. The van der Waals surface area contributed by atoms with Crippen molar-refractivity contribution in [2.75, 3.05) is 18.4 Å². The van der Waals surface area contributed by atoms with Crippen molar-refractivity contribution >= 4 is 32.7 Å². The molecule has 1 N–H and O–H groups in total. The number of fused-ring (bicyclic) bond motifs is 1. The molecule has 5 rings (SSSR count). The Morgan fingerprint density at radius 2 is 1.91 bits per heavy atom. The summed E-state index contributed by atoms with van der Waals surface area (Å²) in [6.45, 7) is 5.01. The minimum atomic E-state index is -3.59. The molecule has 1 amide bonds. The molecule has 1 fully saturated rings. The molecule has 0 saturated carbocycles. The summed E-state index contributed by atoms with van der Waals surface area (Å²) in [5.74, 6) is 0.144. The average Bonchev–Trinajstić information content (AvgIpc) is 3.60. The minimum Gasteiger partial charge on any atom is -0.463 e. The lowest BCUT2D eigenvalue weighted by atomic mass is 10.1. The first-order valence-corrected chi connectivity index (χ1v) is 12.6. The number of aromatic nitrogens is 3. The van der Waals surface area contributed by atoms with E-state index in [4.69, 9.17) is 4.42 Å². The number of amides is 1. The van der Waals surface area contributed by atoms with E-state index in [1.807, 2.05) is 13.8 Å². The Hall–Kier alpha value is -3.50. The summed E-state index contributed by atoms with van der Waals surface area (Å²) >= 11 is 0. The van der Waals surface area contributed by atoms with E-state index in [0.717, 1.165) is 12.8 Å². The SMILES string of the molecule is CC(C)n1ncc2c(C(=O)Nc3cccc(S(=O)(=O)N4CCCC4)c3)cc(-c3ccco3)nc21. The molecule has 0 unspecified atom stereocenters. The van der Waals surface area contributed by atoms with Gasteiger partial charge in [0.2, 0.25) is 10.0 Å². The van der Waals surface area contributed by atoms with Crippen LogP contribution in [0.2, 0.25) is 0 Å². The van der Waals surface area contributed by atoms with Gasteiger partial charge in [-0.15, -0.1) is 0 Å². The van der Waals surface area contributed by atoms with Crippen LogP contribution in [0, 0.1) is 0 Å². The van der Waals surface area contributed by atoms with Gasteiger partial charge in [-0.1, -0.05) is 6.07 Å². The number of benzene rings is 1. The Labute approximate surface area is 197 Å². The molecule has 3 aromatic heterocycles. The number of hydrogen-bond acceptors (Lipinski definition) is 6. The van der Waals surface area contributed by atoms with Gasteiger partial charge < -0.3 is 9.73 Å². The third kappa shape index (κ3) is 3.99. The van der Waals surface area contributed by atoms with E-state index in [0.29, 0.717) is 46.8 Å². The number of nitrogens with one attached hydrogen (secondary N) is 1. The Balaban J connectivity index is 1.52. The van der Waals surface area contributed by atoms with Gasteiger partial charge in [0.1, 0.15) is 5.69 Å². The van der Waals surface area contributed by atoms with Crippen molar-refractivity contribution in [3.8, 4) is 11.5 Å². The van der Waals surface area contributed by atoms with Crippen LogP contribution >= 0.6 is 0 Å². The van der Waals surface area contributed by atoms with Crippen molar-refractivity contribution in [3.63, 3.8) is 0 Å². The van der Waals surface area contributed by atoms with Gasteiger partial charge in [-0.05, 0) is 63.1 Å². The summed E-state index contributed by atoms with van der Waals surface area (Å²) in [5.41, 5.74) is 1.84. The molecule has 9 nitrogen and oxygen atoms in total. The monoisotopic (exact) mass is 479 g/mol. The predicted octanol–water partition coefficient (Wildman–Crippen LogP) is 4.31. The molecule has 4 heterocycles. The molecule has 10 heteroatoms. The van der Waals surface area contributed by atoms with Gasteiger partial charge in [0, 0.05) is 24.8 Å². The predicted molar refractivity (Wildman–Crippen MR) is 128 cm³/mol. The molecule has 0 aliphatic carbocycles. The van der Waals surface area contributed by atoms with Crippen LogP contribution in [-0.2, 0) is 10.0 Å². The standard InChI is InChI=1S/C24H25N5O4S/c1-16(2)29-23-20(15-25-29)19(14-21(27-23)22-9-6-12-33-22)24(30)26-17-7-5-8-18(13-17)34(31,32)28-10-3-4-11-28/h5-9,12-16H,3-4,10-11H2,1-2H3,(H,26,30). The van der Waals surface area contributed by atoms with E-state index in [9.17, 15) is 13.2 Å². The number of rotatable bonds is 6.